The zero-order valence-corrected chi connectivity index (χ0v) is 18.7. The fourth-order valence-electron chi connectivity index (χ4n) is 5.58. The number of phenolic OH excluding ortho intramolecular Hbond substituents is 1. The van der Waals surface area contributed by atoms with Gasteiger partial charge in [0, 0.05) is 28.0 Å². The van der Waals surface area contributed by atoms with Crippen LogP contribution in [-0.4, -0.2) is 73.6 Å². The molecule has 176 valence electrons. The second-order valence-corrected chi connectivity index (χ2v) is 9.48. The van der Waals surface area contributed by atoms with E-state index >= 15 is 0 Å². The lowest BCUT2D eigenvalue weighted by Gasteiger charge is -2.53. The first-order valence-electron chi connectivity index (χ1n) is 10.1. The van der Waals surface area contributed by atoms with E-state index in [1.807, 2.05) is 0 Å². The van der Waals surface area contributed by atoms with Crippen LogP contribution in [0.4, 0.5) is 0 Å². The molecule has 7 N–H and O–H groups in total. The van der Waals surface area contributed by atoms with Gasteiger partial charge in [-0.3, -0.25) is 19.3 Å². The van der Waals surface area contributed by atoms with E-state index in [0.717, 1.165) is 0 Å². The number of nitrogens with two attached hydrogens (primary N) is 1. The molecule has 0 spiro atoms. The van der Waals surface area contributed by atoms with E-state index in [4.69, 9.17) is 17.3 Å². The Morgan fingerprint density at radius 1 is 1.18 bits per heavy atom. The Balaban J connectivity index is 2.07. The molecule has 0 aliphatic heterocycles. The van der Waals surface area contributed by atoms with Gasteiger partial charge in [-0.25, -0.2) is 0 Å². The number of rotatable bonds is 2. The van der Waals surface area contributed by atoms with E-state index in [2.05, 4.69) is 0 Å². The third-order valence-corrected chi connectivity index (χ3v) is 7.39. The summed E-state index contributed by atoms with van der Waals surface area (Å²) in [7, 11) is 2.97. The highest BCUT2D eigenvalue weighted by Crippen LogP contribution is 2.58. The summed E-state index contributed by atoms with van der Waals surface area (Å²) in [5, 5.41) is 55.2. The van der Waals surface area contributed by atoms with Gasteiger partial charge in [0.2, 0.25) is 5.78 Å². The largest absolute Gasteiger partial charge is 0.508 e. The molecule has 0 aromatic heterocycles. The Morgan fingerprint density at radius 2 is 1.79 bits per heavy atom. The van der Waals surface area contributed by atoms with Gasteiger partial charge < -0.3 is 31.3 Å². The highest BCUT2D eigenvalue weighted by atomic mass is 35.5. The van der Waals surface area contributed by atoms with Crippen molar-refractivity contribution < 1.29 is 39.9 Å². The summed E-state index contributed by atoms with van der Waals surface area (Å²) in [6, 6.07) is 1.24. The van der Waals surface area contributed by atoms with Crippen molar-refractivity contribution in [3.63, 3.8) is 0 Å². The van der Waals surface area contributed by atoms with Crippen LogP contribution in [0.25, 0.3) is 5.76 Å². The number of halogens is 1. The van der Waals surface area contributed by atoms with Crippen LogP contribution in [0.5, 0.6) is 5.75 Å². The van der Waals surface area contributed by atoms with E-state index in [-0.39, 0.29) is 22.6 Å². The monoisotopic (exact) mass is 478 g/mol. The molecule has 1 aromatic carbocycles. The molecule has 1 fully saturated rings. The van der Waals surface area contributed by atoms with Crippen LogP contribution in [-0.2, 0) is 20.0 Å². The van der Waals surface area contributed by atoms with Crippen molar-refractivity contribution in [3.05, 3.63) is 45.2 Å². The van der Waals surface area contributed by atoms with Crippen molar-refractivity contribution in [2.75, 3.05) is 14.1 Å². The van der Waals surface area contributed by atoms with Gasteiger partial charge in [-0.15, -0.1) is 0 Å². The van der Waals surface area contributed by atoms with Gasteiger partial charge in [0.25, 0.3) is 5.91 Å². The quantitative estimate of drug-likeness (QED) is 0.325. The number of hydrogen-bond donors (Lipinski definition) is 6. The standard InChI is InChI=1S/C22H23ClN2O8/c1-21(32)7-6-8-15(25(2)3)17(28)13(20(24)31)19(30)22(8,33)18(29)11(7)16(27)12-10(26)5-4-9(23)14(12)21/h4-5,7-8,15,26-27,30,32-33H,6H2,1-3H3,(H2,24,31)/t7-,8-,15-,21?,22-/m0/s1. The molecule has 3 aliphatic carbocycles. The normalized spacial score (nSPS) is 33.7. The summed E-state index contributed by atoms with van der Waals surface area (Å²) in [6.07, 6.45) is -0.259. The Kier molecular flexibility index (Phi) is 4.96. The maximum absolute atomic E-state index is 13.7. The first-order chi connectivity index (χ1) is 15.2. The van der Waals surface area contributed by atoms with Crippen LogP contribution in [0.2, 0.25) is 5.02 Å². The Morgan fingerprint density at radius 3 is 2.33 bits per heavy atom. The number of fused-ring (bicyclic) bond motifs is 3. The number of phenols is 1. The number of ketones is 2. The number of primary amides is 1. The molecule has 1 saturated carbocycles. The fourth-order valence-corrected chi connectivity index (χ4v) is 5.93. The smallest absolute Gasteiger partial charge is 0.255 e. The minimum Gasteiger partial charge on any atom is -0.508 e. The van der Waals surface area contributed by atoms with Crippen molar-refractivity contribution in [1.29, 1.82) is 0 Å². The van der Waals surface area contributed by atoms with Gasteiger partial charge in [0.05, 0.1) is 17.2 Å². The Labute approximate surface area is 193 Å². The maximum Gasteiger partial charge on any atom is 0.255 e. The van der Waals surface area contributed by atoms with Crippen molar-refractivity contribution >= 4 is 34.8 Å². The second kappa shape index (κ2) is 7.04. The molecule has 0 bridgehead atoms. The average molecular weight is 479 g/mol. The van der Waals surface area contributed by atoms with Gasteiger partial charge in [0.1, 0.15) is 22.8 Å². The summed E-state index contributed by atoms with van der Waals surface area (Å²) in [6.45, 7) is 1.34. The van der Waals surface area contributed by atoms with Gasteiger partial charge in [0.15, 0.2) is 11.4 Å². The van der Waals surface area contributed by atoms with Crippen molar-refractivity contribution in [2.24, 2.45) is 17.6 Å². The number of carbonyl (C=O) groups excluding carboxylic acids is 3. The molecule has 1 aromatic rings. The molecule has 11 heteroatoms. The summed E-state index contributed by atoms with van der Waals surface area (Å²) < 4.78 is 0. The van der Waals surface area contributed by atoms with E-state index in [0.29, 0.717) is 0 Å². The van der Waals surface area contributed by atoms with E-state index in [1.54, 1.807) is 0 Å². The van der Waals surface area contributed by atoms with Crippen molar-refractivity contribution in [1.82, 2.24) is 4.90 Å². The third kappa shape index (κ3) is 2.75. The molecule has 0 saturated heterocycles. The van der Waals surface area contributed by atoms with Crippen LogP contribution in [0, 0.1) is 11.8 Å². The summed E-state index contributed by atoms with van der Waals surface area (Å²) in [5.74, 6) is -8.30. The number of likely N-dealkylation sites (N-methyl/N-ethyl adjacent to an activating group) is 1. The molecule has 4 rings (SSSR count). The molecule has 10 nitrogen and oxygen atoms in total. The Hall–Kier alpha value is -2.92. The predicted molar refractivity (Wildman–Crippen MR) is 115 cm³/mol. The maximum atomic E-state index is 13.7. The summed E-state index contributed by atoms with van der Waals surface area (Å²) in [5.41, 5.74) is -1.10. The molecule has 0 heterocycles. The van der Waals surface area contributed by atoms with Crippen LogP contribution < -0.4 is 5.73 Å². The number of amides is 1. The first kappa shape index (κ1) is 23.2. The second-order valence-electron chi connectivity index (χ2n) is 9.08. The van der Waals surface area contributed by atoms with Crippen molar-refractivity contribution in [3.8, 4) is 5.75 Å². The van der Waals surface area contributed by atoms with E-state index in [1.165, 1.54) is 38.1 Å². The van der Waals surface area contributed by atoms with Crippen LogP contribution in [0.15, 0.2) is 29.0 Å². The van der Waals surface area contributed by atoms with Crippen LogP contribution in [0.3, 0.4) is 0 Å². The number of nitrogens with zero attached hydrogens (tertiary/aromatic N) is 1. The average Bonchev–Trinajstić information content (AvgIpc) is 2.69. The van der Waals surface area contributed by atoms with Gasteiger partial charge in [-0.2, -0.15) is 0 Å². The molecule has 0 radical (unpaired) electrons. The fraction of sp³-hybridized carbons (Fsp3) is 0.409. The number of benzene rings is 1. The van der Waals surface area contributed by atoms with Crippen molar-refractivity contribution in [2.45, 2.75) is 30.6 Å². The predicted octanol–water partition coefficient (Wildman–Crippen LogP) is 0.282. The van der Waals surface area contributed by atoms with E-state index in [9.17, 15) is 39.9 Å². The minimum atomic E-state index is -2.78. The van der Waals surface area contributed by atoms with Crippen LogP contribution in [0.1, 0.15) is 24.5 Å². The summed E-state index contributed by atoms with van der Waals surface area (Å²) >= 11 is 6.28. The lowest BCUT2D eigenvalue weighted by Crippen LogP contribution is -2.67. The number of carbonyl (C=O) groups is 3. The number of aliphatic hydroxyl groups is 4. The highest BCUT2D eigenvalue weighted by molar-refractivity contribution is 6.32. The van der Waals surface area contributed by atoms with Gasteiger partial charge in [-0.1, -0.05) is 11.6 Å². The third-order valence-electron chi connectivity index (χ3n) is 7.07. The SMILES string of the molecule is CN(C)[C@@H]1C(=O)C(C(N)=O)=C(O)[C@@]2(O)C(=O)C3=C(O)c4c(O)ccc(Cl)c4C(C)(O)[C@H]3C[C@@H]12. The van der Waals surface area contributed by atoms with Crippen LogP contribution >= 0.6 is 11.6 Å². The molecule has 33 heavy (non-hydrogen) atoms. The molecule has 1 amide bonds. The lowest BCUT2D eigenvalue weighted by molar-refractivity contribution is -0.159. The number of aliphatic hydroxyl groups excluding tert-OH is 2. The lowest BCUT2D eigenvalue weighted by atomic mass is 9.54. The highest BCUT2D eigenvalue weighted by Gasteiger charge is 2.66. The molecule has 5 atom stereocenters. The molecular weight excluding hydrogens is 456 g/mol. The number of aromatic hydroxyl groups is 1. The number of Topliss-reactive ketones (excluding diaryl/α,β-unsaturated/α-hetero) is 2. The molecule has 3 aliphatic rings. The van der Waals surface area contributed by atoms with Gasteiger partial charge >= 0.3 is 0 Å². The minimum absolute atomic E-state index is 0.0187. The van der Waals surface area contributed by atoms with Gasteiger partial charge in [-0.05, 0) is 39.6 Å². The zero-order chi connectivity index (χ0) is 24.8. The summed E-state index contributed by atoms with van der Waals surface area (Å²) in [4.78, 5) is 40.1. The topological polar surface area (TPSA) is 182 Å². The number of hydrogen-bond acceptors (Lipinski definition) is 9. The Bertz CT molecular complexity index is 1200. The first-order valence-corrected chi connectivity index (χ1v) is 10.5. The molecule has 1 unspecified atom stereocenters. The molecular formula is C22H23ClN2O8. The zero-order valence-electron chi connectivity index (χ0n) is 18.0. The van der Waals surface area contributed by atoms with E-state index < -0.39 is 75.0 Å².